The second-order valence-electron chi connectivity index (χ2n) is 17.1. The number of aryl methyl sites for hydroxylation is 2. The molecule has 284 valence electrons. The van der Waals surface area contributed by atoms with Crippen LogP contribution in [-0.2, 0) is 0 Å². The maximum Gasteiger partial charge on any atom is 0.0998 e. The van der Waals surface area contributed by atoms with Crippen molar-refractivity contribution >= 4 is 53.9 Å². The number of hydrogen-bond donors (Lipinski definition) is 0. The third kappa shape index (κ3) is 4.67. The lowest BCUT2D eigenvalue weighted by Gasteiger charge is -2.21. The van der Waals surface area contributed by atoms with E-state index in [4.69, 9.17) is 0 Å². The van der Waals surface area contributed by atoms with Gasteiger partial charge < -0.3 is 0 Å². The Kier molecular flexibility index (Phi) is 7.03. The van der Waals surface area contributed by atoms with Crippen molar-refractivity contribution < 1.29 is 0 Å². The Balaban J connectivity index is 1.24. The Morgan fingerprint density at radius 3 is 1.29 bits per heavy atom. The Labute approximate surface area is 358 Å². The standard InChI is InChI=1S/C60H34N2/c1-33-19-20-34(2)45(23-33)51-29-57-56-28-50-44-18-8-13-37-12-6-16-42(60(37)44)48(50)26-54(56)52(46-24-35(31-61)21-22-40(46)39-14-4-3-9-38(39)32-62)30-58(57)55-27-49-43-17-7-11-36-10-5-15-41(59(36)43)47(49)25-53(51)55/h3-30H,1-2H3. The first-order valence-corrected chi connectivity index (χ1v) is 21.2. The van der Waals surface area contributed by atoms with E-state index in [0.29, 0.717) is 11.1 Å². The van der Waals surface area contributed by atoms with Crippen LogP contribution in [0.4, 0.5) is 0 Å². The van der Waals surface area contributed by atoms with Gasteiger partial charge in [0.25, 0.3) is 0 Å². The van der Waals surface area contributed by atoms with Gasteiger partial charge in [-0.2, -0.15) is 10.5 Å². The Morgan fingerprint density at radius 1 is 0.306 bits per heavy atom. The molecule has 62 heavy (non-hydrogen) atoms. The summed E-state index contributed by atoms with van der Waals surface area (Å²) in [5, 5.41) is 32.9. The average Bonchev–Trinajstić information content (AvgIpc) is 3.81. The Hall–Kier alpha value is -8.30. The molecular formula is C60H34N2. The topological polar surface area (TPSA) is 47.6 Å². The molecule has 0 aliphatic heterocycles. The molecule has 0 amide bonds. The molecule has 2 heteroatoms. The molecule has 0 saturated carbocycles. The minimum absolute atomic E-state index is 0.573. The van der Waals surface area contributed by atoms with Crippen LogP contribution in [0.25, 0.3) is 132 Å². The highest BCUT2D eigenvalue weighted by atomic mass is 14.3. The van der Waals surface area contributed by atoms with Gasteiger partial charge in [0.1, 0.15) is 0 Å². The van der Waals surface area contributed by atoms with E-state index in [0.717, 1.165) is 38.4 Å². The minimum atomic E-state index is 0.573. The van der Waals surface area contributed by atoms with Gasteiger partial charge in [-0.05, 0) is 200 Å². The van der Waals surface area contributed by atoms with Gasteiger partial charge in [-0.15, -0.1) is 0 Å². The molecule has 0 fully saturated rings. The fourth-order valence-corrected chi connectivity index (χ4v) is 11.0. The smallest absolute Gasteiger partial charge is 0.0998 e. The first-order valence-electron chi connectivity index (χ1n) is 21.2. The molecule has 0 aromatic heterocycles. The first kappa shape index (κ1) is 34.6. The molecule has 2 nitrogen and oxygen atoms in total. The molecule has 0 unspecified atom stereocenters. The van der Waals surface area contributed by atoms with E-state index in [-0.39, 0.29) is 0 Å². The summed E-state index contributed by atoms with van der Waals surface area (Å²) >= 11 is 0. The van der Waals surface area contributed by atoms with Crippen LogP contribution in [0.1, 0.15) is 22.3 Å². The van der Waals surface area contributed by atoms with Crippen molar-refractivity contribution in [1.82, 2.24) is 0 Å². The first-order chi connectivity index (χ1) is 30.5. The molecule has 0 N–H and O–H groups in total. The zero-order chi connectivity index (χ0) is 41.4. The van der Waals surface area contributed by atoms with Crippen LogP contribution in [0.5, 0.6) is 0 Å². The molecule has 0 saturated heterocycles. The fraction of sp³-hybridized carbons (Fsp3) is 0.0333. The monoisotopic (exact) mass is 782 g/mol. The summed E-state index contributed by atoms with van der Waals surface area (Å²) in [6.45, 7) is 4.41. The summed E-state index contributed by atoms with van der Waals surface area (Å²) in [6.07, 6.45) is 0. The highest BCUT2D eigenvalue weighted by molar-refractivity contribution is 6.29. The van der Waals surface area contributed by atoms with Crippen molar-refractivity contribution in [3.05, 3.63) is 192 Å². The Bertz CT molecular complexity index is 3950. The number of nitriles is 2. The van der Waals surface area contributed by atoms with E-state index < -0.39 is 0 Å². The molecule has 0 atom stereocenters. The number of rotatable bonds is 3. The summed E-state index contributed by atoms with van der Waals surface area (Å²) < 4.78 is 0. The summed E-state index contributed by atoms with van der Waals surface area (Å²) in [5.74, 6) is 0. The third-order valence-corrected chi connectivity index (χ3v) is 13.8. The maximum atomic E-state index is 10.4. The van der Waals surface area contributed by atoms with Gasteiger partial charge in [-0.25, -0.2) is 0 Å². The predicted molar refractivity (Wildman–Crippen MR) is 258 cm³/mol. The molecule has 0 radical (unpaired) electrons. The van der Waals surface area contributed by atoms with Gasteiger partial charge in [0.15, 0.2) is 0 Å². The van der Waals surface area contributed by atoms with Gasteiger partial charge >= 0.3 is 0 Å². The van der Waals surface area contributed by atoms with Crippen molar-refractivity contribution in [3.8, 4) is 90.0 Å². The molecule has 2 aliphatic carbocycles. The third-order valence-electron chi connectivity index (χ3n) is 13.8. The zero-order valence-electron chi connectivity index (χ0n) is 34.1. The van der Waals surface area contributed by atoms with E-state index >= 15 is 0 Å². The van der Waals surface area contributed by atoms with Crippen LogP contribution in [0.3, 0.4) is 0 Å². The van der Waals surface area contributed by atoms with E-state index in [1.54, 1.807) is 0 Å². The second kappa shape index (κ2) is 12.6. The minimum Gasteiger partial charge on any atom is -0.192 e. The number of benzene rings is 11. The van der Waals surface area contributed by atoms with Crippen LogP contribution in [0.15, 0.2) is 170 Å². The average molecular weight is 783 g/mol. The van der Waals surface area contributed by atoms with E-state index in [1.807, 2.05) is 42.5 Å². The summed E-state index contributed by atoms with van der Waals surface area (Å²) in [6, 6.07) is 66.6. The largest absolute Gasteiger partial charge is 0.192 e. The van der Waals surface area contributed by atoms with Crippen molar-refractivity contribution in [2.45, 2.75) is 13.8 Å². The number of nitrogens with zero attached hydrogens (tertiary/aromatic N) is 2. The zero-order valence-corrected chi connectivity index (χ0v) is 34.1. The van der Waals surface area contributed by atoms with E-state index in [9.17, 15) is 10.5 Å². The molecular weight excluding hydrogens is 749 g/mol. The molecule has 13 rings (SSSR count). The quantitative estimate of drug-likeness (QED) is 0.168. The van der Waals surface area contributed by atoms with Crippen LogP contribution in [0, 0.1) is 36.5 Å². The van der Waals surface area contributed by atoms with Crippen LogP contribution < -0.4 is 0 Å². The summed E-state index contributed by atoms with van der Waals surface area (Å²) in [5.41, 5.74) is 19.8. The predicted octanol–water partition coefficient (Wildman–Crippen LogP) is 16.1. The lowest BCUT2D eigenvalue weighted by Crippen LogP contribution is -1.95. The molecule has 11 aromatic rings. The maximum absolute atomic E-state index is 10.4. The molecule has 11 aromatic carbocycles. The summed E-state index contributed by atoms with van der Waals surface area (Å²) in [4.78, 5) is 0. The SMILES string of the molecule is Cc1ccc(C)c(-c2cc3c4cc5c(cc4c(-c4cc(C#N)ccc4-c4ccccc4C#N)cc3c3cc4c(cc23)-c2cccc3cccc-4c23)-c2cccc3cccc-5c23)c1. The van der Waals surface area contributed by atoms with E-state index in [2.05, 4.69) is 153 Å². The van der Waals surface area contributed by atoms with Crippen molar-refractivity contribution in [1.29, 1.82) is 10.5 Å². The fourth-order valence-electron chi connectivity index (χ4n) is 11.0. The van der Waals surface area contributed by atoms with Gasteiger partial charge in [0, 0.05) is 5.56 Å². The van der Waals surface area contributed by atoms with Crippen LogP contribution >= 0.6 is 0 Å². The van der Waals surface area contributed by atoms with Gasteiger partial charge in [-0.1, -0.05) is 121 Å². The number of hydrogen-bond acceptors (Lipinski definition) is 2. The van der Waals surface area contributed by atoms with Crippen molar-refractivity contribution in [2.24, 2.45) is 0 Å². The van der Waals surface area contributed by atoms with Gasteiger partial charge in [0.05, 0.1) is 23.3 Å². The van der Waals surface area contributed by atoms with Crippen molar-refractivity contribution in [3.63, 3.8) is 0 Å². The second-order valence-corrected chi connectivity index (χ2v) is 17.1. The molecule has 0 heterocycles. The lowest BCUT2D eigenvalue weighted by molar-refractivity contribution is 1.40. The van der Waals surface area contributed by atoms with E-state index in [1.165, 1.54) is 104 Å². The van der Waals surface area contributed by atoms with Crippen LogP contribution in [-0.4, -0.2) is 0 Å². The van der Waals surface area contributed by atoms with Gasteiger partial charge in [0.2, 0.25) is 0 Å². The molecule has 0 spiro atoms. The van der Waals surface area contributed by atoms with Gasteiger partial charge in [-0.3, -0.25) is 0 Å². The number of fused-ring (bicyclic) bond motifs is 11. The summed E-state index contributed by atoms with van der Waals surface area (Å²) in [7, 11) is 0. The van der Waals surface area contributed by atoms with Crippen molar-refractivity contribution in [2.75, 3.05) is 0 Å². The Morgan fingerprint density at radius 2 is 0.758 bits per heavy atom. The highest BCUT2D eigenvalue weighted by Crippen LogP contribution is 2.54. The molecule has 2 aliphatic rings. The normalized spacial score (nSPS) is 12.0. The van der Waals surface area contributed by atoms with Crippen LogP contribution in [0.2, 0.25) is 0 Å². The lowest BCUT2D eigenvalue weighted by atomic mass is 9.82. The molecule has 0 bridgehead atoms. The highest BCUT2D eigenvalue weighted by Gasteiger charge is 2.27.